The number of aryl methyl sites for hydroxylation is 2. The van der Waals surface area contributed by atoms with Gasteiger partial charge in [0, 0.05) is 20.9 Å². The number of nitrogens with two attached hydrogens (primary N) is 1. The minimum atomic E-state index is -0.768. The molecule has 0 unspecified atom stereocenters. The third kappa shape index (κ3) is 4.68. The van der Waals surface area contributed by atoms with Crippen molar-refractivity contribution in [2.24, 2.45) is 5.73 Å². The number of hydrogen-bond acceptors (Lipinski definition) is 2. The number of halogens is 2. The Morgan fingerprint density at radius 1 is 1.08 bits per heavy atom. The van der Waals surface area contributed by atoms with E-state index in [2.05, 4.69) is 37.2 Å². The lowest BCUT2D eigenvalue weighted by molar-refractivity contribution is -0.119. The van der Waals surface area contributed by atoms with Crippen LogP contribution in [0.25, 0.3) is 0 Å². The first kappa shape index (κ1) is 18.7. The van der Waals surface area contributed by atoms with Crippen molar-refractivity contribution in [1.82, 2.24) is 5.32 Å². The molecule has 4 nitrogen and oxygen atoms in total. The number of hydrogen-bond donors (Lipinski definition) is 2. The molecule has 0 aliphatic rings. The molecule has 0 aromatic heterocycles. The van der Waals surface area contributed by atoms with Crippen LogP contribution in [0.2, 0.25) is 0 Å². The van der Waals surface area contributed by atoms with Crippen molar-refractivity contribution in [1.29, 1.82) is 0 Å². The zero-order valence-electron chi connectivity index (χ0n) is 13.4. The second-order valence-electron chi connectivity index (χ2n) is 5.66. The van der Waals surface area contributed by atoms with Gasteiger partial charge in [-0.3, -0.25) is 9.59 Å². The fraction of sp³-hybridized carbons (Fsp3) is 0.222. The molecule has 2 amide bonds. The van der Waals surface area contributed by atoms with Crippen molar-refractivity contribution in [2.75, 3.05) is 0 Å². The van der Waals surface area contributed by atoms with E-state index in [1.165, 1.54) is 0 Å². The van der Waals surface area contributed by atoms with E-state index in [0.717, 1.165) is 25.6 Å². The summed E-state index contributed by atoms with van der Waals surface area (Å²) in [6, 6.07) is 10.4. The van der Waals surface area contributed by atoms with Crippen LogP contribution in [0.5, 0.6) is 0 Å². The van der Waals surface area contributed by atoms with Gasteiger partial charge in [0.05, 0.1) is 0 Å². The lowest BCUT2D eigenvalue weighted by Gasteiger charge is -2.18. The van der Waals surface area contributed by atoms with Gasteiger partial charge in [-0.15, -0.1) is 0 Å². The van der Waals surface area contributed by atoms with Gasteiger partial charge in [0.2, 0.25) is 5.91 Å². The molecule has 0 aliphatic carbocycles. The number of amides is 2. The van der Waals surface area contributed by atoms with E-state index in [0.29, 0.717) is 12.0 Å². The van der Waals surface area contributed by atoms with Gasteiger partial charge in [-0.25, -0.2) is 0 Å². The summed E-state index contributed by atoms with van der Waals surface area (Å²) >= 11 is 6.70. The fourth-order valence-corrected chi connectivity index (χ4v) is 3.82. The quantitative estimate of drug-likeness (QED) is 0.725. The second kappa shape index (κ2) is 7.94. The molecular weight excluding hydrogens is 436 g/mol. The molecule has 24 heavy (non-hydrogen) atoms. The summed E-state index contributed by atoms with van der Waals surface area (Å²) < 4.78 is 1.54. The summed E-state index contributed by atoms with van der Waals surface area (Å²) in [6.45, 7) is 3.96. The summed E-state index contributed by atoms with van der Waals surface area (Å²) in [5.41, 5.74) is 9.11. The summed E-state index contributed by atoms with van der Waals surface area (Å²) in [5.74, 6) is -0.896. The maximum Gasteiger partial charge on any atom is 0.252 e. The molecule has 126 valence electrons. The van der Waals surface area contributed by atoms with E-state index in [4.69, 9.17) is 5.73 Å². The number of carbonyl (C=O) groups is 2. The smallest absolute Gasteiger partial charge is 0.252 e. The summed E-state index contributed by atoms with van der Waals surface area (Å²) in [4.78, 5) is 24.3. The highest BCUT2D eigenvalue weighted by Gasteiger charge is 2.21. The van der Waals surface area contributed by atoms with Crippen LogP contribution >= 0.6 is 31.9 Å². The molecule has 1 atom stereocenters. The average molecular weight is 454 g/mol. The molecule has 2 aromatic rings. The van der Waals surface area contributed by atoms with Crippen molar-refractivity contribution >= 4 is 43.7 Å². The summed E-state index contributed by atoms with van der Waals surface area (Å²) in [6.07, 6.45) is 0.370. The van der Waals surface area contributed by atoms with Gasteiger partial charge in [0.25, 0.3) is 5.91 Å². The molecule has 0 fully saturated rings. The zero-order chi connectivity index (χ0) is 17.9. The van der Waals surface area contributed by atoms with Gasteiger partial charge in [-0.2, -0.15) is 0 Å². The maximum absolute atomic E-state index is 12.5. The second-order valence-corrected chi connectivity index (χ2v) is 7.49. The van der Waals surface area contributed by atoms with E-state index in [1.807, 2.05) is 38.1 Å². The highest BCUT2D eigenvalue weighted by Crippen LogP contribution is 2.20. The summed E-state index contributed by atoms with van der Waals surface area (Å²) in [7, 11) is 0. The third-order valence-corrected chi connectivity index (χ3v) is 4.74. The molecule has 0 saturated carbocycles. The predicted molar refractivity (Wildman–Crippen MR) is 102 cm³/mol. The molecule has 2 aromatic carbocycles. The maximum atomic E-state index is 12.5. The molecule has 0 heterocycles. The Balaban J connectivity index is 2.22. The highest BCUT2D eigenvalue weighted by molar-refractivity contribution is 9.11. The molecule has 3 N–H and O–H groups in total. The fourth-order valence-electron chi connectivity index (χ4n) is 2.52. The Morgan fingerprint density at radius 2 is 1.62 bits per heavy atom. The molecule has 0 aliphatic heterocycles. The Morgan fingerprint density at radius 3 is 2.12 bits per heavy atom. The van der Waals surface area contributed by atoms with Crippen molar-refractivity contribution in [3.8, 4) is 0 Å². The van der Waals surface area contributed by atoms with Gasteiger partial charge < -0.3 is 11.1 Å². The van der Waals surface area contributed by atoms with Crippen molar-refractivity contribution in [3.05, 3.63) is 67.6 Å². The van der Waals surface area contributed by atoms with Crippen molar-refractivity contribution in [2.45, 2.75) is 26.3 Å². The van der Waals surface area contributed by atoms with E-state index >= 15 is 0 Å². The van der Waals surface area contributed by atoms with E-state index in [9.17, 15) is 9.59 Å². The van der Waals surface area contributed by atoms with Crippen LogP contribution in [-0.2, 0) is 11.2 Å². The van der Waals surface area contributed by atoms with Crippen LogP contribution in [0.1, 0.15) is 27.0 Å². The Kier molecular flexibility index (Phi) is 6.18. The first-order chi connectivity index (χ1) is 11.3. The Hall–Kier alpha value is -1.66. The first-order valence-electron chi connectivity index (χ1n) is 7.39. The van der Waals surface area contributed by atoms with Gasteiger partial charge in [0.15, 0.2) is 0 Å². The van der Waals surface area contributed by atoms with Crippen LogP contribution in [-0.4, -0.2) is 17.9 Å². The number of nitrogens with one attached hydrogen (secondary N) is 1. The van der Waals surface area contributed by atoms with Gasteiger partial charge in [-0.1, -0.05) is 50.1 Å². The molecule has 0 saturated heterocycles. The largest absolute Gasteiger partial charge is 0.368 e. The molecular formula is C18H18Br2N2O2. The minimum Gasteiger partial charge on any atom is -0.368 e. The first-order valence-corrected chi connectivity index (χ1v) is 8.98. The monoisotopic (exact) mass is 452 g/mol. The third-order valence-electron chi connectivity index (χ3n) is 3.83. The standard InChI is InChI=1S/C18H18Br2N2O2/c1-10-4-3-5-11(2)15(10)9-16(17(21)23)22-18(24)12-6-13(19)8-14(20)7-12/h3-8,16H,9H2,1-2H3,(H2,21,23)(H,22,24)/t16-/m0/s1. The van der Waals surface area contributed by atoms with Gasteiger partial charge >= 0.3 is 0 Å². The SMILES string of the molecule is Cc1cccc(C)c1C[C@H](NC(=O)c1cc(Br)cc(Br)c1)C(N)=O. The van der Waals surface area contributed by atoms with Crippen LogP contribution in [0, 0.1) is 13.8 Å². The number of carbonyl (C=O) groups excluding carboxylic acids is 2. The minimum absolute atomic E-state index is 0.341. The molecule has 0 radical (unpaired) electrons. The van der Waals surface area contributed by atoms with Crippen LogP contribution in [0.3, 0.4) is 0 Å². The highest BCUT2D eigenvalue weighted by atomic mass is 79.9. The zero-order valence-corrected chi connectivity index (χ0v) is 16.6. The van der Waals surface area contributed by atoms with Gasteiger partial charge in [-0.05, 0) is 48.7 Å². The van der Waals surface area contributed by atoms with Crippen molar-refractivity contribution in [3.63, 3.8) is 0 Å². The Labute approximate surface area is 158 Å². The normalized spacial score (nSPS) is 11.8. The van der Waals surface area contributed by atoms with Crippen LogP contribution < -0.4 is 11.1 Å². The summed E-state index contributed by atoms with van der Waals surface area (Å²) in [5, 5.41) is 2.73. The van der Waals surface area contributed by atoms with E-state index in [-0.39, 0.29) is 5.91 Å². The Bertz CT molecular complexity index is 750. The number of benzene rings is 2. The molecule has 2 rings (SSSR count). The number of primary amides is 1. The molecule has 0 spiro atoms. The topological polar surface area (TPSA) is 72.2 Å². The van der Waals surface area contributed by atoms with Crippen LogP contribution in [0.4, 0.5) is 0 Å². The van der Waals surface area contributed by atoms with Crippen molar-refractivity contribution < 1.29 is 9.59 Å². The molecule has 0 bridgehead atoms. The lowest BCUT2D eigenvalue weighted by atomic mass is 9.96. The van der Waals surface area contributed by atoms with Crippen LogP contribution in [0.15, 0.2) is 45.3 Å². The average Bonchev–Trinajstić information content (AvgIpc) is 2.48. The van der Waals surface area contributed by atoms with E-state index < -0.39 is 11.9 Å². The predicted octanol–water partition coefficient (Wildman–Crippen LogP) is 3.65. The molecule has 6 heteroatoms. The van der Waals surface area contributed by atoms with E-state index in [1.54, 1.807) is 12.1 Å². The van der Waals surface area contributed by atoms with Gasteiger partial charge in [0.1, 0.15) is 6.04 Å². The lowest BCUT2D eigenvalue weighted by Crippen LogP contribution is -2.46. The number of rotatable bonds is 5.